The van der Waals surface area contributed by atoms with Crippen molar-refractivity contribution in [1.29, 1.82) is 0 Å². The Kier molecular flexibility index (Phi) is 12.1. The third kappa shape index (κ3) is 8.13. The molecule has 7 nitrogen and oxygen atoms in total. The lowest BCUT2D eigenvalue weighted by atomic mass is 9.64. The fourth-order valence-corrected chi connectivity index (χ4v) is 8.10. The number of ketones is 1. The maximum atomic E-state index is 14.2. The van der Waals surface area contributed by atoms with Gasteiger partial charge in [0.25, 0.3) is 0 Å². The maximum absolute atomic E-state index is 14.2. The van der Waals surface area contributed by atoms with Crippen LogP contribution in [0.1, 0.15) is 132 Å². The number of urea groups is 1. The molecule has 44 heavy (non-hydrogen) atoms. The minimum absolute atomic E-state index is 0.0122. The number of aliphatic hydroxyl groups is 2. The lowest BCUT2D eigenvalue weighted by molar-refractivity contribution is -0.0775. The summed E-state index contributed by atoms with van der Waals surface area (Å²) in [6.07, 6.45) is 12.6. The van der Waals surface area contributed by atoms with Crippen molar-refractivity contribution in [3.63, 3.8) is 0 Å². The summed E-state index contributed by atoms with van der Waals surface area (Å²) in [6, 6.07) is 6.11. The van der Waals surface area contributed by atoms with Crippen molar-refractivity contribution >= 4 is 11.8 Å². The molecular formula is C37H58N2O5. The fraction of sp³-hybridized carbons (Fsp3) is 0.730. The van der Waals surface area contributed by atoms with E-state index in [4.69, 9.17) is 4.74 Å². The van der Waals surface area contributed by atoms with E-state index in [0.29, 0.717) is 38.8 Å². The largest absolute Gasteiger partial charge is 0.393 e. The molecule has 2 amide bonds. The number of carbonyl (C=O) groups is 2. The summed E-state index contributed by atoms with van der Waals surface area (Å²) < 4.78 is 5.29. The van der Waals surface area contributed by atoms with Crippen LogP contribution in [0.5, 0.6) is 0 Å². The van der Waals surface area contributed by atoms with Gasteiger partial charge in [0.15, 0.2) is 5.78 Å². The highest BCUT2D eigenvalue weighted by atomic mass is 16.5. The molecule has 0 spiro atoms. The van der Waals surface area contributed by atoms with Crippen LogP contribution in [0.2, 0.25) is 0 Å². The Morgan fingerprint density at radius 2 is 1.86 bits per heavy atom. The molecule has 0 radical (unpaired) electrons. The summed E-state index contributed by atoms with van der Waals surface area (Å²) in [5, 5.41) is 26.6. The molecule has 5 rings (SSSR count). The van der Waals surface area contributed by atoms with Crippen LogP contribution in [0.25, 0.3) is 0 Å². The molecule has 1 aromatic rings. The van der Waals surface area contributed by atoms with Crippen molar-refractivity contribution in [3.8, 4) is 0 Å². The molecule has 0 aliphatic heterocycles. The van der Waals surface area contributed by atoms with Gasteiger partial charge in [-0.2, -0.15) is 0 Å². The number of benzene rings is 1. The Balaban J connectivity index is 1.77. The average Bonchev–Trinajstić information content (AvgIpc) is 3.24. The lowest BCUT2D eigenvalue weighted by Gasteiger charge is -2.46. The average molecular weight is 611 g/mol. The number of allylic oxidation sites excluding steroid dienone is 2. The Morgan fingerprint density at radius 1 is 1.11 bits per heavy atom. The van der Waals surface area contributed by atoms with Crippen molar-refractivity contribution < 1.29 is 24.5 Å². The van der Waals surface area contributed by atoms with E-state index in [1.807, 2.05) is 13.8 Å². The van der Waals surface area contributed by atoms with Crippen LogP contribution < -0.4 is 5.32 Å². The summed E-state index contributed by atoms with van der Waals surface area (Å²) in [5.41, 5.74) is 2.39. The summed E-state index contributed by atoms with van der Waals surface area (Å²) in [4.78, 5) is 29.4. The zero-order valence-corrected chi connectivity index (χ0v) is 28.0. The molecule has 4 unspecified atom stereocenters. The first-order valence-corrected chi connectivity index (χ1v) is 17.2. The van der Waals surface area contributed by atoms with Crippen molar-refractivity contribution in [2.75, 3.05) is 26.8 Å². The summed E-state index contributed by atoms with van der Waals surface area (Å²) in [5.74, 6) is 0.239. The molecule has 246 valence electrons. The first-order chi connectivity index (χ1) is 21.0. The van der Waals surface area contributed by atoms with Crippen LogP contribution in [0, 0.1) is 11.3 Å². The topological polar surface area (TPSA) is 99.1 Å². The quantitative estimate of drug-likeness (QED) is 0.160. The van der Waals surface area contributed by atoms with E-state index in [9.17, 15) is 19.8 Å². The highest BCUT2D eigenvalue weighted by Gasteiger charge is 2.57. The molecule has 4 aliphatic carbocycles. The van der Waals surface area contributed by atoms with Gasteiger partial charge in [-0.3, -0.25) is 4.79 Å². The van der Waals surface area contributed by atoms with Gasteiger partial charge in [0.2, 0.25) is 0 Å². The number of hydrogen-bond donors (Lipinski definition) is 3. The maximum Gasteiger partial charge on any atom is 0.317 e. The normalized spacial score (nSPS) is 28.3. The molecule has 4 aliphatic rings. The Bertz CT molecular complexity index is 1160. The molecule has 0 saturated heterocycles. The predicted molar refractivity (Wildman–Crippen MR) is 176 cm³/mol. The van der Waals surface area contributed by atoms with E-state index in [-0.39, 0.29) is 36.2 Å². The molecule has 0 aromatic heterocycles. The van der Waals surface area contributed by atoms with Gasteiger partial charge >= 0.3 is 6.03 Å². The van der Waals surface area contributed by atoms with Crippen molar-refractivity contribution in [2.24, 2.45) is 11.3 Å². The van der Waals surface area contributed by atoms with Crippen LogP contribution in [-0.4, -0.2) is 71.5 Å². The van der Waals surface area contributed by atoms with Crippen LogP contribution in [0.15, 0.2) is 29.8 Å². The first-order valence-electron chi connectivity index (χ1n) is 17.2. The molecule has 7 heteroatoms. The standard InChI is InChI=1S/C37H58N2O5/c1-26(2)38-35(42)39(21-10-22-44-5)25-37(43)20-18-33-31-17-15-28(24-32(31)34(41)29-12-7-6-8-13-29)23-30(40)16-14-27(3)11-9-19-36(33,37)4/h11,15,17,24,26,29-30,33,40,43H,6-10,12-14,16,18-23,25H2,1-5H3,(H,38,42). The highest BCUT2D eigenvalue weighted by molar-refractivity contribution is 5.99. The van der Waals surface area contributed by atoms with Crippen LogP contribution in [0.3, 0.4) is 0 Å². The number of nitrogens with zero attached hydrogens (tertiary/aromatic N) is 1. The minimum Gasteiger partial charge on any atom is -0.393 e. The van der Waals surface area contributed by atoms with E-state index in [1.165, 1.54) is 12.0 Å². The SMILES string of the molecule is COCCCN(CC1(O)CCC2c3ccc(cc3C(=O)C3CCCCC3)CC(O)CCC(C)=CCCC21C)C(=O)NC(C)C. The summed E-state index contributed by atoms with van der Waals surface area (Å²) >= 11 is 0. The van der Waals surface area contributed by atoms with Gasteiger partial charge in [0, 0.05) is 43.2 Å². The third-order valence-electron chi connectivity index (χ3n) is 10.8. The second-order valence-electron chi connectivity index (χ2n) is 14.5. The van der Waals surface area contributed by atoms with Crippen molar-refractivity contribution in [3.05, 3.63) is 46.5 Å². The van der Waals surface area contributed by atoms with Crippen LogP contribution >= 0.6 is 0 Å². The van der Waals surface area contributed by atoms with E-state index in [2.05, 4.69) is 43.4 Å². The van der Waals surface area contributed by atoms with Crippen molar-refractivity contribution in [2.45, 2.75) is 135 Å². The molecule has 2 bridgehead atoms. The Morgan fingerprint density at radius 3 is 2.57 bits per heavy atom. The first kappa shape index (κ1) is 34.6. The van der Waals surface area contributed by atoms with E-state index in [1.54, 1.807) is 12.0 Å². The molecular weight excluding hydrogens is 552 g/mol. The van der Waals surface area contributed by atoms with E-state index >= 15 is 0 Å². The second kappa shape index (κ2) is 15.4. The number of rotatable bonds is 9. The summed E-state index contributed by atoms with van der Waals surface area (Å²) in [7, 11) is 1.66. The van der Waals surface area contributed by atoms with Gasteiger partial charge in [-0.1, -0.05) is 50.0 Å². The molecule has 4 atom stereocenters. The number of Topliss-reactive ketones (excluding diaryl/α,β-unsaturated/α-hetero) is 1. The molecule has 2 fully saturated rings. The van der Waals surface area contributed by atoms with Gasteiger partial charge in [-0.25, -0.2) is 4.79 Å². The van der Waals surface area contributed by atoms with Gasteiger partial charge in [0.05, 0.1) is 18.2 Å². The van der Waals surface area contributed by atoms with Gasteiger partial charge < -0.3 is 25.2 Å². The number of hydrogen-bond acceptors (Lipinski definition) is 5. The molecule has 2 saturated carbocycles. The summed E-state index contributed by atoms with van der Waals surface area (Å²) in [6.45, 7) is 9.50. The predicted octanol–water partition coefficient (Wildman–Crippen LogP) is 6.94. The Hall–Kier alpha value is -2.22. The minimum atomic E-state index is -1.13. The number of amides is 2. The van der Waals surface area contributed by atoms with Crippen molar-refractivity contribution in [1.82, 2.24) is 10.2 Å². The van der Waals surface area contributed by atoms with Gasteiger partial charge in [-0.05, 0) is 108 Å². The molecule has 3 N–H and O–H groups in total. The van der Waals surface area contributed by atoms with E-state index in [0.717, 1.165) is 68.1 Å². The number of carbonyl (C=O) groups excluding carboxylic acids is 2. The highest BCUT2D eigenvalue weighted by Crippen LogP contribution is 2.59. The zero-order valence-electron chi connectivity index (χ0n) is 28.0. The second-order valence-corrected chi connectivity index (χ2v) is 14.5. The van der Waals surface area contributed by atoms with Gasteiger partial charge in [0.1, 0.15) is 0 Å². The number of methoxy groups -OCH3 is 1. The monoisotopic (exact) mass is 610 g/mol. The van der Waals surface area contributed by atoms with Gasteiger partial charge in [-0.15, -0.1) is 0 Å². The van der Waals surface area contributed by atoms with Crippen LogP contribution in [-0.2, 0) is 11.2 Å². The Labute approximate surface area is 265 Å². The number of aliphatic hydroxyl groups excluding tert-OH is 1. The number of nitrogens with one attached hydrogen (secondary N) is 1. The number of fused-ring (bicyclic) bond motifs is 8. The lowest BCUT2D eigenvalue weighted by Crippen LogP contribution is -2.56. The van der Waals surface area contributed by atoms with Crippen LogP contribution in [0.4, 0.5) is 4.79 Å². The zero-order chi connectivity index (χ0) is 31.9. The number of ether oxygens (including phenoxy) is 1. The fourth-order valence-electron chi connectivity index (χ4n) is 8.10. The smallest absolute Gasteiger partial charge is 0.317 e. The molecule has 1 aromatic carbocycles. The third-order valence-corrected chi connectivity index (χ3v) is 10.8. The molecule has 0 heterocycles. The van der Waals surface area contributed by atoms with E-state index < -0.39 is 17.1 Å².